The van der Waals surface area contributed by atoms with Crippen molar-refractivity contribution < 1.29 is 14.3 Å². The topological polar surface area (TPSA) is 65.7 Å². The average Bonchev–Trinajstić information content (AvgIpc) is 2.85. The first kappa shape index (κ1) is 12.1. The van der Waals surface area contributed by atoms with Crippen LogP contribution in [-0.4, -0.2) is 41.1 Å². The maximum Gasteiger partial charge on any atom is 0.234 e. The highest BCUT2D eigenvalue weighted by atomic mass is 16.3. The molecule has 17 heavy (non-hydrogen) atoms. The number of likely N-dealkylation sites (tertiary alicyclic amines) is 1. The van der Waals surface area contributed by atoms with Gasteiger partial charge in [-0.2, -0.15) is 0 Å². The number of carbonyl (C=O) groups excluding carboxylic acids is 1. The second kappa shape index (κ2) is 4.89. The van der Waals surface area contributed by atoms with Crippen LogP contribution in [0.15, 0.2) is 22.8 Å². The molecular formula is C12H18N2O3. The van der Waals surface area contributed by atoms with Gasteiger partial charge in [-0.15, -0.1) is 0 Å². The molecule has 5 heteroatoms. The minimum absolute atomic E-state index is 0.0425. The molecule has 1 aromatic heterocycles. The Morgan fingerprint density at radius 2 is 2.53 bits per heavy atom. The fourth-order valence-electron chi connectivity index (χ4n) is 2.03. The SMILES string of the molecule is CC1(O)CCN(CC(=O)NCc2ccco2)C1. The zero-order valence-corrected chi connectivity index (χ0v) is 9.98. The summed E-state index contributed by atoms with van der Waals surface area (Å²) in [6, 6.07) is 3.61. The highest BCUT2D eigenvalue weighted by Crippen LogP contribution is 2.19. The summed E-state index contributed by atoms with van der Waals surface area (Å²) in [7, 11) is 0. The molecule has 1 saturated heterocycles. The van der Waals surface area contributed by atoms with E-state index in [-0.39, 0.29) is 5.91 Å². The smallest absolute Gasteiger partial charge is 0.234 e. The zero-order valence-electron chi connectivity index (χ0n) is 9.98. The number of carbonyl (C=O) groups is 1. The van der Waals surface area contributed by atoms with Gasteiger partial charge in [0.2, 0.25) is 5.91 Å². The van der Waals surface area contributed by atoms with E-state index in [1.807, 2.05) is 11.0 Å². The number of aliphatic hydroxyl groups is 1. The lowest BCUT2D eigenvalue weighted by Gasteiger charge is -2.18. The molecule has 5 nitrogen and oxygen atoms in total. The van der Waals surface area contributed by atoms with Gasteiger partial charge in [-0.05, 0) is 25.5 Å². The molecule has 1 atom stereocenters. The molecule has 94 valence electrons. The van der Waals surface area contributed by atoms with Crippen molar-refractivity contribution in [2.24, 2.45) is 0 Å². The van der Waals surface area contributed by atoms with Gasteiger partial charge in [-0.25, -0.2) is 0 Å². The lowest BCUT2D eigenvalue weighted by molar-refractivity contribution is -0.122. The molecule has 1 aliphatic rings. The summed E-state index contributed by atoms with van der Waals surface area (Å²) in [6.45, 7) is 3.86. The number of furan rings is 1. The number of rotatable bonds is 4. The Kier molecular flexibility index (Phi) is 3.49. The molecule has 1 aromatic rings. The third-order valence-corrected chi connectivity index (χ3v) is 2.94. The molecule has 2 rings (SSSR count). The number of amides is 1. The summed E-state index contributed by atoms with van der Waals surface area (Å²) < 4.78 is 5.12. The van der Waals surface area contributed by atoms with Crippen LogP contribution >= 0.6 is 0 Å². The molecular weight excluding hydrogens is 220 g/mol. The van der Waals surface area contributed by atoms with E-state index in [2.05, 4.69) is 5.32 Å². The Bertz CT molecular complexity index is 373. The van der Waals surface area contributed by atoms with Crippen LogP contribution in [-0.2, 0) is 11.3 Å². The predicted octanol–water partition coefficient (Wildman–Crippen LogP) is 0.352. The molecule has 1 aliphatic heterocycles. The summed E-state index contributed by atoms with van der Waals surface area (Å²) in [6.07, 6.45) is 2.30. The molecule has 0 aromatic carbocycles. The maximum atomic E-state index is 11.6. The van der Waals surface area contributed by atoms with Crippen molar-refractivity contribution in [3.63, 3.8) is 0 Å². The summed E-state index contributed by atoms with van der Waals surface area (Å²) in [5.74, 6) is 0.700. The third kappa shape index (κ3) is 3.57. The van der Waals surface area contributed by atoms with Crippen LogP contribution in [0.3, 0.4) is 0 Å². The fraction of sp³-hybridized carbons (Fsp3) is 0.583. The maximum absolute atomic E-state index is 11.6. The van der Waals surface area contributed by atoms with Crippen molar-refractivity contribution >= 4 is 5.91 Å². The minimum Gasteiger partial charge on any atom is -0.467 e. The lowest BCUT2D eigenvalue weighted by Crippen LogP contribution is -2.37. The van der Waals surface area contributed by atoms with Gasteiger partial charge in [0.05, 0.1) is 25.0 Å². The predicted molar refractivity (Wildman–Crippen MR) is 62.2 cm³/mol. The van der Waals surface area contributed by atoms with E-state index < -0.39 is 5.60 Å². The van der Waals surface area contributed by atoms with E-state index >= 15 is 0 Å². The van der Waals surface area contributed by atoms with Gasteiger partial charge in [-0.3, -0.25) is 9.69 Å². The first-order chi connectivity index (χ1) is 8.05. The number of hydrogen-bond donors (Lipinski definition) is 2. The monoisotopic (exact) mass is 238 g/mol. The van der Waals surface area contributed by atoms with E-state index in [1.54, 1.807) is 19.3 Å². The van der Waals surface area contributed by atoms with E-state index in [4.69, 9.17) is 4.42 Å². The highest BCUT2D eigenvalue weighted by Gasteiger charge is 2.31. The van der Waals surface area contributed by atoms with E-state index in [0.29, 0.717) is 19.6 Å². The molecule has 1 fully saturated rings. The summed E-state index contributed by atoms with van der Waals surface area (Å²) in [5, 5.41) is 12.6. The third-order valence-electron chi connectivity index (χ3n) is 2.94. The van der Waals surface area contributed by atoms with Gasteiger partial charge in [0, 0.05) is 13.1 Å². The second-order valence-electron chi connectivity index (χ2n) is 4.81. The standard InChI is InChI=1S/C12H18N2O3/c1-12(16)4-5-14(9-12)8-11(15)13-7-10-3-2-6-17-10/h2-3,6,16H,4-5,7-9H2,1H3,(H,13,15). The average molecular weight is 238 g/mol. The minimum atomic E-state index is -0.651. The van der Waals surface area contributed by atoms with Gasteiger partial charge in [0.25, 0.3) is 0 Å². The summed E-state index contributed by atoms with van der Waals surface area (Å²) >= 11 is 0. The Morgan fingerprint density at radius 1 is 1.71 bits per heavy atom. The van der Waals surface area contributed by atoms with Crippen LogP contribution in [0.25, 0.3) is 0 Å². The van der Waals surface area contributed by atoms with Crippen molar-refractivity contribution in [1.29, 1.82) is 0 Å². The Labute approximate surface area is 100 Å². The van der Waals surface area contributed by atoms with Crippen LogP contribution in [0, 0.1) is 0 Å². The van der Waals surface area contributed by atoms with Crippen molar-refractivity contribution in [3.05, 3.63) is 24.2 Å². The second-order valence-corrected chi connectivity index (χ2v) is 4.81. The Morgan fingerprint density at radius 3 is 3.12 bits per heavy atom. The van der Waals surface area contributed by atoms with E-state index in [1.165, 1.54) is 0 Å². The quantitative estimate of drug-likeness (QED) is 0.794. The summed E-state index contributed by atoms with van der Waals surface area (Å²) in [5.41, 5.74) is -0.651. The number of nitrogens with zero attached hydrogens (tertiary/aromatic N) is 1. The van der Waals surface area contributed by atoms with Crippen LogP contribution in [0.5, 0.6) is 0 Å². The van der Waals surface area contributed by atoms with Crippen molar-refractivity contribution in [3.8, 4) is 0 Å². The molecule has 1 unspecified atom stereocenters. The first-order valence-electron chi connectivity index (χ1n) is 5.79. The number of β-amino-alcohol motifs (C(OH)–C–C–N with tert-alkyl or cyclic N) is 1. The molecule has 0 aliphatic carbocycles. The van der Waals surface area contributed by atoms with Gasteiger partial charge in [0.15, 0.2) is 0 Å². The van der Waals surface area contributed by atoms with Crippen molar-refractivity contribution in [2.75, 3.05) is 19.6 Å². The normalized spacial score (nSPS) is 25.1. The van der Waals surface area contributed by atoms with E-state index in [9.17, 15) is 9.90 Å². The Hall–Kier alpha value is -1.33. The lowest BCUT2D eigenvalue weighted by atomic mass is 10.1. The van der Waals surface area contributed by atoms with Crippen LogP contribution in [0.2, 0.25) is 0 Å². The molecule has 0 bridgehead atoms. The van der Waals surface area contributed by atoms with Gasteiger partial charge < -0.3 is 14.8 Å². The molecule has 2 N–H and O–H groups in total. The Balaban J connectivity index is 1.71. The fourth-order valence-corrected chi connectivity index (χ4v) is 2.03. The molecule has 0 spiro atoms. The highest BCUT2D eigenvalue weighted by molar-refractivity contribution is 5.78. The molecule has 2 heterocycles. The van der Waals surface area contributed by atoms with Crippen LogP contribution in [0.4, 0.5) is 0 Å². The molecule has 1 amide bonds. The molecule has 0 saturated carbocycles. The number of hydrogen-bond acceptors (Lipinski definition) is 4. The largest absolute Gasteiger partial charge is 0.467 e. The van der Waals surface area contributed by atoms with E-state index in [0.717, 1.165) is 18.7 Å². The molecule has 0 radical (unpaired) electrons. The zero-order chi connectivity index (χ0) is 12.3. The van der Waals surface area contributed by atoms with Gasteiger partial charge >= 0.3 is 0 Å². The van der Waals surface area contributed by atoms with Crippen LogP contribution < -0.4 is 5.32 Å². The first-order valence-corrected chi connectivity index (χ1v) is 5.79. The summed E-state index contributed by atoms with van der Waals surface area (Å²) in [4.78, 5) is 13.6. The van der Waals surface area contributed by atoms with Gasteiger partial charge in [0.1, 0.15) is 5.76 Å². The van der Waals surface area contributed by atoms with Gasteiger partial charge in [-0.1, -0.05) is 0 Å². The van der Waals surface area contributed by atoms with Crippen molar-refractivity contribution in [2.45, 2.75) is 25.5 Å². The van der Waals surface area contributed by atoms with Crippen LogP contribution in [0.1, 0.15) is 19.1 Å². The van der Waals surface area contributed by atoms with Crippen molar-refractivity contribution in [1.82, 2.24) is 10.2 Å². The number of nitrogens with one attached hydrogen (secondary N) is 1.